The number of nitrogens with zero attached hydrogens (tertiary/aromatic N) is 4. The van der Waals surface area contributed by atoms with Gasteiger partial charge in [-0.1, -0.05) is 0 Å². The molecule has 0 aliphatic carbocycles. The fraction of sp³-hybridized carbons (Fsp3) is 0.727. The SMILES string of the molecule is CC(CO)(CO)Nc1nc(NN)nc(N2CCCC2)n1. The van der Waals surface area contributed by atoms with Crippen LogP contribution >= 0.6 is 0 Å². The molecule has 9 heteroatoms. The van der Waals surface area contributed by atoms with Crippen LogP contribution in [0.2, 0.25) is 0 Å². The number of aliphatic hydroxyl groups is 2. The zero-order valence-electron chi connectivity index (χ0n) is 11.5. The van der Waals surface area contributed by atoms with Crippen molar-refractivity contribution in [3.8, 4) is 0 Å². The first-order valence-corrected chi connectivity index (χ1v) is 6.58. The number of aliphatic hydroxyl groups excluding tert-OH is 2. The third kappa shape index (κ3) is 3.24. The standard InChI is InChI=1S/C11H21N7O2/c1-11(6-19,7-20)16-8-13-9(17-12)15-10(14-8)18-4-2-3-5-18/h19-20H,2-7,12H2,1H3,(H2,13,14,15,16,17). The number of hydrazine groups is 1. The topological polar surface area (TPSA) is 132 Å². The Bertz CT molecular complexity index is 446. The number of nitrogens with one attached hydrogen (secondary N) is 2. The van der Waals surface area contributed by atoms with Crippen molar-refractivity contribution in [1.29, 1.82) is 0 Å². The smallest absolute Gasteiger partial charge is 0.243 e. The molecule has 6 N–H and O–H groups in total. The van der Waals surface area contributed by atoms with Gasteiger partial charge in [0.15, 0.2) is 0 Å². The second-order valence-corrected chi connectivity index (χ2v) is 5.12. The number of nitrogen functional groups attached to an aromatic ring is 1. The maximum atomic E-state index is 9.31. The lowest BCUT2D eigenvalue weighted by Gasteiger charge is -2.26. The lowest BCUT2D eigenvalue weighted by Crippen LogP contribution is -2.43. The van der Waals surface area contributed by atoms with E-state index in [9.17, 15) is 10.2 Å². The summed E-state index contributed by atoms with van der Waals surface area (Å²) in [6.07, 6.45) is 2.20. The summed E-state index contributed by atoms with van der Waals surface area (Å²) in [5, 5.41) is 21.5. The molecule has 0 saturated carbocycles. The normalized spacial score (nSPS) is 15.5. The van der Waals surface area contributed by atoms with Gasteiger partial charge in [0.1, 0.15) is 0 Å². The van der Waals surface area contributed by atoms with Gasteiger partial charge in [-0.25, -0.2) is 5.84 Å². The van der Waals surface area contributed by atoms with Crippen molar-refractivity contribution in [2.45, 2.75) is 25.3 Å². The summed E-state index contributed by atoms with van der Waals surface area (Å²) < 4.78 is 0. The molecule has 0 aromatic carbocycles. The van der Waals surface area contributed by atoms with Crippen LogP contribution in [-0.2, 0) is 0 Å². The van der Waals surface area contributed by atoms with Crippen molar-refractivity contribution in [1.82, 2.24) is 15.0 Å². The summed E-state index contributed by atoms with van der Waals surface area (Å²) in [5.74, 6) is 6.40. The molecule has 112 valence electrons. The van der Waals surface area contributed by atoms with E-state index in [1.807, 2.05) is 4.90 Å². The van der Waals surface area contributed by atoms with Crippen molar-refractivity contribution in [3.05, 3.63) is 0 Å². The van der Waals surface area contributed by atoms with Gasteiger partial charge in [0.05, 0.1) is 18.8 Å². The predicted molar refractivity (Wildman–Crippen MR) is 75.3 cm³/mol. The molecule has 1 saturated heterocycles. The van der Waals surface area contributed by atoms with Crippen LogP contribution < -0.4 is 21.5 Å². The quantitative estimate of drug-likeness (QED) is 0.326. The zero-order valence-corrected chi connectivity index (χ0v) is 11.5. The molecular weight excluding hydrogens is 262 g/mol. The maximum Gasteiger partial charge on any atom is 0.243 e. The number of aromatic nitrogens is 3. The van der Waals surface area contributed by atoms with Crippen LogP contribution in [0.4, 0.5) is 17.8 Å². The van der Waals surface area contributed by atoms with E-state index in [1.54, 1.807) is 6.92 Å². The second-order valence-electron chi connectivity index (χ2n) is 5.12. The monoisotopic (exact) mass is 283 g/mol. The van der Waals surface area contributed by atoms with E-state index < -0.39 is 5.54 Å². The molecule has 0 radical (unpaired) electrons. The first kappa shape index (κ1) is 14.7. The van der Waals surface area contributed by atoms with Gasteiger partial charge in [-0.15, -0.1) is 0 Å². The van der Waals surface area contributed by atoms with Crippen LogP contribution in [0.3, 0.4) is 0 Å². The highest BCUT2D eigenvalue weighted by molar-refractivity contribution is 5.45. The van der Waals surface area contributed by atoms with Crippen molar-refractivity contribution >= 4 is 17.8 Å². The highest BCUT2D eigenvalue weighted by Gasteiger charge is 2.25. The van der Waals surface area contributed by atoms with E-state index >= 15 is 0 Å². The molecule has 9 nitrogen and oxygen atoms in total. The van der Waals surface area contributed by atoms with E-state index in [0.717, 1.165) is 25.9 Å². The molecule has 1 aliphatic rings. The minimum atomic E-state index is -0.907. The predicted octanol–water partition coefficient (Wildman–Crippen LogP) is -1.09. The Morgan fingerprint density at radius 1 is 1.15 bits per heavy atom. The Kier molecular flexibility index (Phi) is 4.53. The summed E-state index contributed by atoms with van der Waals surface area (Å²) in [7, 11) is 0. The fourth-order valence-electron chi connectivity index (χ4n) is 1.94. The van der Waals surface area contributed by atoms with E-state index in [-0.39, 0.29) is 25.1 Å². The zero-order chi connectivity index (χ0) is 14.6. The molecule has 20 heavy (non-hydrogen) atoms. The molecule has 0 spiro atoms. The number of hydrogen-bond donors (Lipinski definition) is 5. The maximum absolute atomic E-state index is 9.31. The summed E-state index contributed by atoms with van der Waals surface area (Å²) in [6, 6.07) is 0. The van der Waals surface area contributed by atoms with Gasteiger partial charge in [0, 0.05) is 13.1 Å². The summed E-state index contributed by atoms with van der Waals surface area (Å²) in [4.78, 5) is 14.7. The third-order valence-corrected chi connectivity index (χ3v) is 3.25. The number of anilines is 3. The molecule has 2 heterocycles. The van der Waals surface area contributed by atoms with E-state index in [1.165, 1.54) is 0 Å². The Hall–Kier alpha value is -1.71. The molecule has 1 fully saturated rings. The average Bonchev–Trinajstić information content (AvgIpc) is 3.01. The largest absolute Gasteiger partial charge is 0.394 e. The minimum absolute atomic E-state index is 0.239. The summed E-state index contributed by atoms with van der Waals surface area (Å²) in [6.45, 7) is 2.95. The average molecular weight is 283 g/mol. The lowest BCUT2D eigenvalue weighted by atomic mass is 10.1. The number of rotatable bonds is 6. The molecule has 0 bridgehead atoms. The van der Waals surface area contributed by atoms with Crippen molar-refractivity contribution < 1.29 is 10.2 Å². The van der Waals surface area contributed by atoms with E-state index in [4.69, 9.17) is 5.84 Å². The molecule has 1 aromatic rings. The highest BCUT2D eigenvalue weighted by atomic mass is 16.3. The van der Waals surface area contributed by atoms with Gasteiger partial charge in [-0.2, -0.15) is 15.0 Å². The molecular formula is C11H21N7O2. The van der Waals surface area contributed by atoms with Gasteiger partial charge in [0.2, 0.25) is 17.8 Å². The van der Waals surface area contributed by atoms with Gasteiger partial charge < -0.3 is 20.4 Å². The van der Waals surface area contributed by atoms with Gasteiger partial charge in [-0.3, -0.25) is 5.43 Å². The Morgan fingerprint density at radius 3 is 2.30 bits per heavy atom. The van der Waals surface area contributed by atoms with Crippen LogP contribution in [0.25, 0.3) is 0 Å². The fourth-order valence-corrected chi connectivity index (χ4v) is 1.94. The van der Waals surface area contributed by atoms with Crippen molar-refractivity contribution in [2.24, 2.45) is 5.84 Å². The summed E-state index contributed by atoms with van der Waals surface area (Å²) in [5.41, 5.74) is 1.49. The van der Waals surface area contributed by atoms with Gasteiger partial charge >= 0.3 is 0 Å². The van der Waals surface area contributed by atoms with Crippen molar-refractivity contribution in [3.63, 3.8) is 0 Å². The molecule has 0 unspecified atom stereocenters. The summed E-state index contributed by atoms with van der Waals surface area (Å²) >= 11 is 0. The van der Waals surface area contributed by atoms with E-state index in [2.05, 4.69) is 25.7 Å². The molecule has 0 atom stereocenters. The van der Waals surface area contributed by atoms with Crippen LogP contribution in [0, 0.1) is 0 Å². The Morgan fingerprint density at radius 2 is 1.75 bits per heavy atom. The highest BCUT2D eigenvalue weighted by Crippen LogP contribution is 2.19. The third-order valence-electron chi connectivity index (χ3n) is 3.25. The Balaban J connectivity index is 2.25. The van der Waals surface area contributed by atoms with Gasteiger partial charge in [-0.05, 0) is 19.8 Å². The van der Waals surface area contributed by atoms with Crippen LogP contribution in [0.5, 0.6) is 0 Å². The van der Waals surface area contributed by atoms with Crippen molar-refractivity contribution in [2.75, 3.05) is 41.9 Å². The molecule has 1 aliphatic heterocycles. The molecule has 2 rings (SSSR count). The van der Waals surface area contributed by atoms with Crippen LogP contribution in [0.15, 0.2) is 0 Å². The molecule has 0 amide bonds. The van der Waals surface area contributed by atoms with E-state index in [0.29, 0.717) is 5.95 Å². The first-order valence-electron chi connectivity index (χ1n) is 6.58. The van der Waals surface area contributed by atoms with Crippen LogP contribution in [-0.4, -0.2) is 57.0 Å². The first-order chi connectivity index (χ1) is 9.60. The number of nitrogens with two attached hydrogens (primary N) is 1. The lowest BCUT2D eigenvalue weighted by molar-refractivity contribution is 0.147. The Labute approximate surface area is 117 Å². The number of hydrogen-bond acceptors (Lipinski definition) is 9. The van der Waals surface area contributed by atoms with Crippen LogP contribution in [0.1, 0.15) is 19.8 Å². The second kappa shape index (κ2) is 6.16. The van der Waals surface area contributed by atoms with Gasteiger partial charge in [0.25, 0.3) is 0 Å². The molecule has 1 aromatic heterocycles. The minimum Gasteiger partial charge on any atom is -0.394 e.